The number of amides is 1. The third kappa shape index (κ3) is 4.92. The van der Waals surface area contributed by atoms with Gasteiger partial charge in [0.2, 0.25) is 5.91 Å². The zero-order valence-electron chi connectivity index (χ0n) is 15.3. The van der Waals surface area contributed by atoms with Crippen molar-refractivity contribution in [3.8, 4) is 0 Å². The lowest BCUT2D eigenvalue weighted by Gasteiger charge is -2.05. The Labute approximate surface area is 153 Å². The highest BCUT2D eigenvalue weighted by atomic mass is 16.5. The van der Waals surface area contributed by atoms with E-state index in [9.17, 15) is 4.79 Å². The van der Waals surface area contributed by atoms with Crippen LogP contribution in [-0.2, 0) is 22.7 Å². The standard InChI is InChI=1S/C21H25N3O2/c1-15-11-18-19(12-16(15)2)24-20(23-18)13-22-21(25)9-6-10-26-14-17-7-4-3-5-8-17/h3-5,7-8,11-12H,6,9-10,13-14H2,1-2H3,(H,22,25)(H,23,24). The molecule has 0 saturated carbocycles. The highest BCUT2D eigenvalue weighted by Crippen LogP contribution is 2.17. The molecule has 1 heterocycles. The summed E-state index contributed by atoms with van der Waals surface area (Å²) in [5.74, 6) is 0.791. The average Bonchev–Trinajstić information content (AvgIpc) is 3.02. The number of carbonyl (C=O) groups is 1. The molecule has 0 radical (unpaired) electrons. The van der Waals surface area contributed by atoms with Crippen LogP contribution in [0.15, 0.2) is 42.5 Å². The zero-order valence-corrected chi connectivity index (χ0v) is 15.3. The molecule has 136 valence electrons. The van der Waals surface area contributed by atoms with Crippen LogP contribution in [0.25, 0.3) is 11.0 Å². The molecule has 2 aromatic carbocycles. The van der Waals surface area contributed by atoms with Gasteiger partial charge in [-0.1, -0.05) is 30.3 Å². The van der Waals surface area contributed by atoms with Crippen LogP contribution < -0.4 is 5.32 Å². The summed E-state index contributed by atoms with van der Waals surface area (Å²) in [6.45, 7) is 5.73. The van der Waals surface area contributed by atoms with Crippen LogP contribution in [0.2, 0.25) is 0 Å². The summed E-state index contributed by atoms with van der Waals surface area (Å²) in [5, 5.41) is 2.91. The van der Waals surface area contributed by atoms with Gasteiger partial charge in [-0.05, 0) is 49.1 Å². The number of fused-ring (bicyclic) bond motifs is 1. The van der Waals surface area contributed by atoms with E-state index in [2.05, 4.69) is 41.3 Å². The van der Waals surface area contributed by atoms with E-state index in [-0.39, 0.29) is 5.91 Å². The fraction of sp³-hybridized carbons (Fsp3) is 0.333. The number of aromatic nitrogens is 2. The summed E-state index contributed by atoms with van der Waals surface area (Å²) in [7, 11) is 0. The summed E-state index contributed by atoms with van der Waals surface area (Å²) in [5.41, 5.74) is 5.54. The van der Waals surface area contributed by atoms with Crippen molar-refractivity contribution >= 4 is 16.9 Å². The second kappa shape index (κ2) is 8.63. The normalized spacial score (nSPS) is 11.0. The smallest absolute Gasteiger partial charge is 0.220 e. The monoisotopic (exact) mass is 351 g/mol. The van der Waals surface area contributed by atoms with Crippen LogP contribution in [0.4, 0.5) is 0 Å². The fourth-order valence-corrected chi connectivity index (χ4v) is 2.78. The predicted molar refractivity (Wildman–Crippen MR) is 103 cm³/mol. The minimum atomic E-state index is 0.0149. The van der Waals surface area contributed by atoms with Gasteiger partial charge in [0.25, 0.3) is 0 Å². The maximum absolute atomic E-state index is 12.0. The molecule has 0 aliphatic heterocycles. The van der Waals surface area contributed by atoms with Gasteiger partial charge >= 0.3 is 0 Å². The predicted octanol–water partition coefficient (Wildman–Crippen LogP) is 3.79. The van der Waals surface area contributed by atoms with E-state index in [1.807, 2.05) is 30.3 Å². The largest absolute Gasteiger partial charge is 0.377 e. The van der Waals surface area contributed by atoms with Gasteiger partial charge in [0, 0.05) is 13.0 Å². The van der Waals surface area contributed by atoms with Crippen LogP contribution in [0.3, 0.4) is 0 Å². The van der Waals surface area contributed by atoms with E-state index < -0.39 is 0 Å². The van der Waals surface area contributed by atoms with Gasteiger partial charge in [-0.15, -0.1) is 0 Å². The van der Waals surface area contributed by atoms with E-state index in [1.165, 1.54) is 11.1 Å². The first-order chi connectivity index (χ1) is 12.6. The van der Waals surface area contributed by atoms with Gasteiger partial charge in [0.1, 0.15) is 5.82 Å². The Kier molecular flexibility index (Phi) is 6.02. The highest BCUT2D eigenvalue weighted by molar-refractivity contribution is 5.78. The van der Waals surface area contributed by atoms with Crippen LogP contribution in [0.5, 0.6) is 0 Å². The molecule has 0 atom stereocenters. The third-order valence-corrected chi connectivity index (χ3v) is 4.40. The maximum atomic E-state index is 12.0. The SMILES string of the molecule is Cc1cc2nc(CNC(=O)CCCOCc3ccccc3)[nH]c2cc1C. The molecule has 2 N–H and O–H groups in total. The number of nitrogens with one attached hydrogen (secondary N) is 2. The molecule has 1 amide bonds. The molecule has 0 unspecified atom stereocenters. The van der Waals surface area contributed by atoms with Gasteiger partial charge in [-0.2, -0.15) is 0 Å². The second-order valence-electron chi connectivity index (χ2n) is 6.56. The summed E-state index contributed by atoms with van der Waals surface area (Å²) >= 11 is 0. The Bertz CT molecular complexity index is 833. The molecule has 1 aromatic heterocycles. The number of ether oxygens (including phenoxy) is 1. The molecular weight excluding hydrogens is 326 g/mol. The van der Waals surface area contributed by atoms with Crippen molar-refractivity contribution in [2.45, 2.75) is 39.8 Å². The Morgan fingerprint density at radius 1 is 1.15 bits per heavy atom. The molecule has 0 saturated heterocycles. The van der Waals surface area contributed by atoms with Crippen molar-refractivity contribution in [1.29, 1.82) is 0 Å². The van der Waals surface area contributed by atoms with Crippen LogP contribution >= 0.6 is 0 Å². The molecule has 5 heteroatoms. The van der Waals surface area contributed by atoms with Gasteiger partial charge in [0.15, 0.2) is 0 Å². The summed E-state index contributed by atoms with van der Waals surface area (Å²) in [6, 6.07) is 14.2. The first-order valence-corrected chi connectivity index (χ1v) is 8.96. The lowest BCUT2D eigenvalue weighted by Crippen LogP contribution is -2.23. The van der Waals surface area contributed by atoms with E-state index in [0.29, 0.717) is 32.6 Å². The van der Waals surface area contributed by atoms with Gasteiger partial charge in [-0.3, -0.25) is 4.79 Å². The molecule has 0 aliphatic carbocycles. The fourth-order valence-electron chi connectivity index (χ4n) is 2.78. The summed E-state index contributed by atoms with van der Waals surface area (Å²) in [6.07, 6.45) is 1.16. The number of rotatable bonds is 8. The topological polar surface area (TPSA) is 67.0 Å². The van der Waals surface area contributed by atoms with E-state index in [1.54, 1.807) is 0 Å². The Morgan fingerprint density at radius 2 is 1.92 bits per heavy atom. The minimum Gasteiger partial charge on any atom is -0.377 e. The Hall–Kier alpha value is -2.66. The molecule has 0 aliphatic rings. The van der Waals surface area contributed by atoms with Crippen molar-refractivity contribution in [3.05, 3.63) is 65.0 Å². The number of benzene rings is 2. The number of imidazole rings is 1. The van der Waals surface area contributed by atoms with Crippen molar-refractivity contribution in [2.24, 2.45) is 0 Å². The number of hydrogen-bond donors (Lipinski definition) is 2. The first-order valence-electron chi connectivity index (χ1n) is 8.96. The van der Waals surface area contributed by atoms with Crippen molar-refractivity contribution in [1.82, 2.24) is 15.3 Å². The van der Waals surface area contributed by atoms with Gasteiger partial charge in [-0.25, -0.2) is 4.98 Å². The van der Waals surface area contributed by atoms with Gasteiger partial charge in [0.05, 0.1) is 24.2 Å². The Balaban J connectivity index is 1.37. The molecule has 3 rings (SSSR count). The van der Waals surface area contributed by atoms with E-state index >= 15 is 0 Å². The molecule has 0 bridgehead atoms. The van der Waals surface area contributed by atoms with Crippen molar-refractivity contribution in [2.75, 3.05) is 6.61 Å². The summed E-state index contributed by atoms with van der Waals surface area (Å²) in [4.78, 5) is 19.8. The molecule has 0 spiro atoms. The number of hydrogen-bond acceptors (Lipinski definition) is 3. The van der Waals surface area contributed by atoms with E-state index in [0.717, 1.165) is 22.4 Å². The number of carbonyl (C=O) groups excluding carboxylic acids is 1. The molecule has 0 fully saturated rings. The quantitative estimate of drug-likeness (QED) is 0.607. The third-order valence-electron chi connectivity index (χ3n) is 4.40. The maximum Gasteiger partial charge on any atom is 0.220 e. The molecular formula is C21H25N3O2. The average molecular weight is 351 g/mol. The lowest BCUT2D eigenvalue weighted by molar-refractivity contribution is -0.121. The number of H-pyrrole nitrogens is 1. The first kappa shape index (κ1) is 18.1. The van der Waals surface area contributed by atoms with Gasteiger partial charge < -0.3 is 15.0 Å². The number of aryl methyl sites for hydroxylation is 2. The molecule has 3 aromatic rings. The zero-order chi connectivity index (χ0) is 18.4. The van der Waals surface area contributed by atoms with E-state index in [4.69, 9.17) is 4.74 Å². The number of aromatic amines is 1. The molecule has 26 heavy (non-hydrogen) atoms. The number of nitrogens with zero attached hydrogens (tertiary/aromatic N) is 1. The van der Waals surface area contributed by atoms with Crippen LogP contribution in [0, 0.1) is 13.8 Å². The summed E-state index contributed by atoms with van der Waals surface area (Å²) < 4.78 is 5.60. The van der Waals surface area contributed by atoms with Crippen LogP contribution in [-0.4, -0.2) is 22.5 Å². The molecule has 5 nitrogen and oxygen atoms in total. The second-order valence-corrected chi connectivity index (χ2v) is 6.56. The Morgan fingerprint density at radius 3 is 2.73 bits per heavy atom. The lowest BCUT2D eigenvalue weighted by atomic mass is 10.1. The minimum absolute atomic E-state index is 0.0149. The van der Waals surface area contributed by atoms with Crippen molar-refractivity contribution in [3.63, 3.8) is 0 Å². The highest BCUT2D eigenvalue weighted by Gasteiger charge is 2.07. The van der Waals surface area contributed by atoms with Crippen LogP contribution in [0.1, 0.15) is 35.4 Å². The van der Waals surface area contributed by atoms with Crippen molar-refractivity contribution < 1.29 is 9.53 Å².